The summed E-state index contributed by atoms with van der Waals surface area (Å²) in [7, 11) is 1.46. The Hall–Kier alpha value is -2.89. The molecule has 0 spiro atoms. The van der Waals surface area contributed by atoms with Gasteiger partial charge in [-0.25, -0.2) is 4.98 Å². The number of carbonyl (C=O) groups is 1. The fourth-order valence-electron chi connectivity index (χ4n) is 4.79. The van der Waals surface area contributed by atoms with Gasteiger partial charge in [-0.15, -0.1) is 0 Å². The Bertz CT molecular complexity index is 1000. The van der Waals surface area contributed by atoms with E-state index < -0.39 is 5.60 Å². The van der Waals surface area contributed by atoms with Crippen molar-refractivity contribution < 1.29 is 14.3 Å². The van der Waals surface area contributed by atoms with Crippen molar-refractivity contribution in [2.24, 2.45) is 5.92 Å². The van der Waals surface area contributed by atoms with E-state index >= 15 is 0 Å². The van der Waals surface area contributed by atoms with Crippen molar-refractivity contribution in [3.8, 4) is 5.88 Å². The molecule has 0 saturated heterocycles. The number of methoxy groups -OCH3 is 1. The number of esters is 1. The van der Waals surface area contributed by atoms with Gasteiger partial charge in [-0.1, -0.05) is 24.3 Å². The summed E-state index contributed by atoms with van der Waals surface area (Å²) < 4.78 is 11.0. The molecule has 0 bridgehead atoms. The number of benzene rings is 1. The van der Waals surface area contributed by atoms with E-state index in [0.29, 0.717) is 35.8 Å². The van der Waals surface area contributed by atoms with E-state index in [1.165, 1.54) is 12.7 Å². The van der Waals surface area contributed by atoms with Crippen LogP contribution in [0, 0.1) is 12.8 Å². The van der Waals surface area contributed by atoms with Gasteiger partial charge in [-0.3, -0.25) is 4.79 Å². The highest BCUT2D eigenvalue weighted by Crippen LogP contribution is 2.42. The minimum Gasteiger partial charge on any atom is -0.469 e. The van der Waals surface area contributed by atoms with Crippen LogP contribution in [0.3, 0.4) is 0 Å². The van der Waals surface area contributed by atoms with Crippen molar-refractivity contribution >= 4 is 23.4 Å². The predicted molar refractivity (Wildman–Crippen MR) is 122 cm³/mol. The number of fused-ring (bicyclic) bond motifs is 1. The first-order valence-electron chi connectivity index (χ1n) is 11.0. The van der Waals surface area contributed by atoms with Gasteiger partial charge in [-0.05, 0) is 75.5 Å². The molecule has 6 heteroatoms. The molecule has 1 aromatic carbocycles. The van der Waals surface area contributed by atoms with Crippen LogP contribution < -0.4 is 10.5 Å². The summed E-state index contributed by atoms with van der Waals surface area (Å²) in [5.74, 6) is 2.48. The van der Waals surface area contributed by atoms with Gasteiger partial charge in [0.1, 0.15) is 17.2 Å². The van der Waals surface area contributed by atoms with Crippen molar-refractivity contribution in [2.45, 2.75) is 64.4 Å². The molecule has 0 amide bonds. The second kappa shape index (κ2) is 8.33. The molecule has 1 fully saturated rings. The zero-order valence-corrected chi connectivity index (χ0v) is 18.8. The molecule has 2 heterocycles. The average molecular weight is 422 g/mol. The monoisotopic (exact) mass is 421 g/mol. The predicted octanol–water partition coefficient (Wildman–Crippen LogP) is 4.92. The number of nitrogens with two attached hydrogens (primary N) is 1. The number of rotatable bonds is 4. The lowest BCUT2D eigenvalue weighted by Crippen LogP contribution is -2.33. The molecule has 1 aliphatic carbocycles. The molecule has 2 N–H and O–H groups in total. The number of carbonyl (C=O) groups excluding carboxylic acids is 1. The lowest BCUT2D eigenvalue weighted by Gasteiger charge is -2.34. The number of aryl methyl sites for hydroxylation is 1. The SMILES string of the molecule is COC(=O)CC1CCC(c2ccc(C3=Cc4c(N)nc(C)nc4OC3(C)C)cc2)CC1. The maximum atomic E-state index is 11.5. The summed E-state index contributed by atoms with van der Waals surface area (Å²) >= 11 is 0. The van der Waals surface area contributed by atoms with Crippen molar-refractivity contribution in [1.82, 2.24) is 9.97 Å². The molecule has 0 radical (unpaired) electrons. The Morgan fingerprint density at radius 2 is 1.84 bits per heavy atom. The van der Waals surface area contributed by atoms with Gasteiger partial charge in [0.2, 0.25) is 5.88 Å². The first kappa shape index (κ1) is 21.3. The minimum absolute atomic E-state index is 0.0961. The van der Waals surface area contributed by atoms with Crippen LogP contribution in [-0.2, 0) is 9.53 Å². The first-order chi connectivity index (χ1) is 14.8. The van der Waals surface area contributed by atoms with E-state index in [2.05, 4.69) is 40.3 Å². The average Bonchev–Trinajstić information content (AvgIpc) is 2.73. The van der Waals surface area contributed by atoms with Crippen LogP contribution in [0.5, 0.6) is 5.88 Å². The van der Waals surface area contributed by atoms with Crippen molar-refractivity contribution in [3.05, 3.63) is 46.8 Å². The molecule has 0 atom stereocenters. The number of anilines is 1. The quantitative estimate of drug-likeness (QED) is 0.706. The van der Waals surface area contributed by atoms with Crippen LogP contribution in [0.25, 0.3) is 11.6 Å². The second-order valence-electron chi connectivity index (χ2n) is 9.17. The van der Waals surface area contributed by atoms with Crippen LogP contribution in [0.1, 0.15) is 74.4 Å². The zero-order chi connectivity index (χ0) is 22.2. The Kier molecular flexibility index (Phi) is 5.73. The van der Waals surface area contributed by atoms with E-state index in [0.717, 1.165) is 42.4 Å². The molecule has 0 unspecified atom stereocenters. The van der Waals surface area contributed by atoms with Crippen LogP contribution in [0.15, 0.2) is 24.3 Å². The third-order valence-corrected chi connectivity index (χ3v) is 6.56. The molecule has 6 nitrogen and oxygen atoms in total. The molecule has 1 saturated carbocycles. The fraction of sp³-hybridized carbons (Fsp3) is 0.480. The Morgan fingerprint density at radius 1 is 1.16 bits per heavy atom. The normalized spacial score (nSPS) is 22.1. The topological polar surface area (TPSA) is 87.3 Å². The molecule has 1 aromatic heterocycles. The van der Waals surface area contributed by atoms with Crippen LogP contribution in [0.2, 0.25) is 0 Å². The van der Waals surface area contributed by atoms with E-state index in [1.807, 2.05) is 20.8 Å². The lowest BCUT2D eigenvalue weighted by molar-refractivity contribution is -0.142. The highest BCUT2D eigenvalue weighted by Gasteiger charge is 2.33. The highest BCUT2D eigenvalue weighted by molar-refractivity contribution is 5.91. The first-order valence-corrected chi connectivity index (χ1v) is 11.0. The van der Waals surface area contributed by atoms with E-state index in [9.17, 15) is 4.79 Å². The van der Waals surface area contributed by atoms with Crippen LogP contribution in [-0.4, -0.2) is 28.6 Å². The van der Waals surface area contributed by atoms with Gasteiger partial charge in [0, 0.05) is 12.0 Å². The Balaban J connectivity index is 1.52. The van der Waals surface area contributed by atoms with Crippen LogP contribution >= 0.6 is 0 Å². The van der Waals surface area contributed by atoms with Crippen LogP contribution in [0.4, 0.5) is 5.82 Å². The number of nitrogen functional groups attached to an aromatic ring is 1. The second-order valence-corrected chi connectivity index (χ2v) is 9.17. The molecular weight excluding hydrogens is 390 g/mol. The summed E-state index contributed by atoms with van der Waals surface area (Å²) in [5, 5.41) is 0. The highest BCUT2D eigenvalue weighted by atomic mass is 16.5. The smallest absolute Gasteiger partial charge is 0.305 e. The summed E-state index contributed by atoms with van der Waals surface area (Å²) in [6, 6.07) is 8.79. The number of aromatic nitrogens is 2. The zero-order valence-electron chi connectivity index (χ0n) is 18.8. The largest absolute Gasteiger partial charge is 0.469 e. The molecule has 4 rings (SSSR count). The molecule has 2 aliphatic rings. The summed E-state index contributed by atoms with van der Waals surface area (Å²) in [6.45, 7) is 5.91. The molecule has 164 valence electrons. The molecule has 1 aliphatic heterocycles. The molecule has 31 heavy (non-hydrogen) atoms. The summed E-state index contributed by atoms with van der Waals surface area (Å²) in [6.07, 6.45) is 6.96. The number of ether oxygens (including phenoxy) is 2. The summed E-state index contributed by atoms with van der Waals surface area (Å²) in [5.41, 5.74) is 9.89. The number of hydrogen-bond donors (Lipinski definition) is 1. The van der Waals surface area contributed by atoms with Gasteiger partial charge in [-0.2, -0.15) is 4.98 Å². The van der Waals surface area contributed by atoms with E-state index in [1.54, 1.807) is 0 Å². The third-order valence-electron chi connectivity index (χ3n) is 6.56. The maximum Gasteiger partial charge on any atom is 0.305 e. The standard InChI is InChI=1S/C25H31N3O3/c1-15-27-23(26)20-14-21(25(2,3)31-24(20)28-15)19-11-9-18(10-12-19)17-7-5-16(6-8-17)13-22(29)30-4/h9-12,14,16-17H,5-8,13H2,1-4H3,(H2,26,27,28). The minimum atomic E-state index is -0.520. The number of hydrogen-bond acceptors (Lipinski definition) is 6. The van der Waals surface area contributed by atoms with Crippen molar-refractivity contribution in [2.75, 3.05) is 12.8 Å². The maximum absolute atomic E-state index is 11.5. The van der Waals surface area contributed by atoms with Crippen molar-refractivity contribution in [1.29, 1.82) is 0 Å². The van der Waals surface area contributed by atoms with E-state index in [-0.39, 0.29) is 5.97 Å². The van der Waals surface area contributed by atoms with Gasteiger partial charge < -0.3 is 15.2 Å². The van der Waals surface area contributed by atoms with Gasteiger partial charge in [0.25, 0.3) is 0 Å². The summed E-state index contributed by atoms with van der Waals surface area (Å²) in [4.78, 5) is 20.2. The third kappa shape index (κ3) is 4.43. The van der Waals surface area contributed by atoms with Gasteiger partial charge >= 0.3 is 5.97 Å². The fourth-order valence-corrected chi connectivity index (χ4v) is 4.79. The Morgan fingerprint density at radius 3 is 2.48 bits per heavy atom. The molecule has 2 aromatic rings. The molecular formula is C25H31N3O3. The lowest BCUT2D eigenvalue weighted by atomic mass is 9.77. The van der Waals surface area contributed by atoms with E-state index in [4.69, 9.17) is 15.2 Å². The Labute approximate surface area is 183 Å². The number of nitrogens with zero attached hydrogens (tertiary/aromatic N) is 2. The van der Waals surface area contributed by atoms with Crippen molar-refractivity contribution in [3.63, 3.8) is 0 Å². The van der Waals surface area contributed by atoms with Gasteiger partial charge in [0.05, 0.1) is 12.7 Å². The van der Waals surface area contributed by atoms with Gasteiger partial charge in [0.15, 0.2) is 0 Å².